The van der Waals surface area contributed by atoms with Crippen LogP contribution in [0.3, 0.4) is 0 Å². The highest BCUT2D eigenvalue weighted by molar-refractivity contribution is 4.61. The summed E-state index contributed by atoms with van der Waals surface area (Å²) in [5.74, 6) is 1.01. The second-order valence-electron chi connectivity index (χ2n) is 3.30. The lowest BCUT2D eigenvalue weighted by Crippen LogP contribution is -2.91. The van der Waals surface area contributed by atoms with Crippen LogP contribution in [0, 0.1) is 5.92 Å². The number of nitrogens with two attached hydrogens (primary N) is 1. The SMILES string of the molecule is CC[C@H]1CC[C@H](C)[NH2+]C1. The summed E-state index contributed by atoms with van der Waals surface area (Å²) in [5.41, 5.74) is 0. The molecule has 0 aromatic carbocycles. The smallest absolute Gasteiger partial charge is 0.0830 e. The van der Waals surface area contributed by atoms with Crippen LogP contribution >= 0.6 is 0 Å². The molecule has 1 nitrogen and oxygen atoms in total. The summed E-state index contributed by atoms with van der Waals surface area (Å²) in [6, 6.07) is 0.896. The summed E-state index contributed by atoms with van der Waals surface area (Å²) < 4.78 is 0. The van der Waals surface area contributed by atoms with Crippen LogP contribution in [0.5, 0.6) is 0 Å². The largest absolute Gasteiger partial charge is 0.344 e. The Bertz CT molecular complexity index is 72.6. The van der Waals surface area contributed by atoms with Crippen molar-refractivity contribution in [1.82, 2.24) is 0 Å². The Kier molecular flexibility index (Phi) is 2.52. The van der Waals surface area contributed by atoms with Crippen molar-refractivity contribution in [3.8, 4) is 0 Å². The van der Waals surface area contributed by atoms with E-state index in [1.165, 1.54) is 25.8 Å². The third-order valence-electron chi connectivity index (χ3n) is 2.48. The van der Waals surface area contributed by atoms with Gasteiger partial charge in [0.25, 0.3) is 0 Å². The van der Waals surface area contributed by atoms with Gasteiger partial charge in [-0.05, 0) is 26.2 Å². The highest BCUT2D eigenvalue weighted by atomic mass is 14.9. The van der Waals surface area contributed by atoms with Crippen molar-refractivity contribution in [1.29, 1.82) is 0 Å². The van der Waals surface area contributed by atoms with Gasteiger partial charge in [-0.25, -0.2) is 0 Å². The van der Waals surface area contributed by atoms with Gasteiger partial charge in [0, 0.05) is 5.92 Å². The molecule has 1 aliphatic heterocycles. The van der Waals surface area contributed by atoms with E-state index in [4.69, 9.17) is 0 Å². The minimum absolute atomic E-state index is 0.896. The van der Waals surface area contributed by atoms with E-state index in [-0.39, 0.29) is 0 Å². The molecule has 0 spiro atoms. The van der Waals surface area contributed by atoms with Crippen molar-refractivity contribution in [2.24, 2.45) is 5.92 Å². The zero-order valence-electron chi connectivity index (χ0n) is 6.56. The first-order valence-electron chi connectivity index (χ1n) is 4.16. The summed E-state index contributed by atoms with van der Waals surface area (Å²) in [7, 11) is 0. The quantitative estimate of drug-likeness (QED) is 0.537. The summed E-state index contributed by atoms with van der Waals surface area (Å²) >= 11 is 0. The van der Waals surface area contributed by atoms with E-state index in [1.807, 2.05) is 0 Å². The van der Waals surface area contributed by atoms with Gasteiger partial charge in [0.15, 0.2) is 0 Å². The molecular weight excluding hydrogens is 110 g/mol. The molecule has 1 aliphatic rings. The van der Waals surface area contributed by atoms with Crippen LogP contribution in [0.15, 0.2) is 0 Å². The molecule has 2 atom stereocenters. The summed E-state index contributed by atoms with van der Waals surface area (Å²) in [6.07, 6.45) is 4.27. The maximum atomic E-state index is 2.48. The fraction of sp³-hybridized carbons (Fsp3) is 1.00. The van der Waals surface area contributed by atoms with Crippen LogP contribution in [0.2, 0.25) is 0 Å². The number of hydrogen-bond acceptors (Lipinski definition) is 0. The van der Waals surface area contributed by atoms with E-state index >= 15 is 0 Å². The van der Waals surface area contributed by atoms with E-state index in [0.29, 0.717) is 0 Å². The number of hydrogen-bond donors (Lipinski definition) is 1. The monoisotopic (exact) mass is 128 g/mol. The van der Waals surface area contributed by atoms with Crippen molar-refractivity contribution in [3.63, 3.8) is 0 Å². The molecule has 0 aromatic heterocycles. The van der Waals surface area contributed by atoms with Crippen LogP contribution in [-0.2, 0) is 0 Å². The van der Waals surface area contributed by atoms with Crippen molar-refractivity contribution in [2.75, 3.05) is 6.54 Å². The average Bonchev–Trinajstić information content (AvgIpc) is 1.90. The lowest BCUT2D eigenvalue weighted by Gasteiger charge is -2.23. The van der Waals surface area contributed by atoms with Crippen LogP contribution in [-0.4, -0.2) is 12.6 Å². The van der Waals surface area contributed by atoms with Crippen LogP contribution in [0.4, 0.5) is 0 Å². The topological polar surface area (TPSA) is 16.6 Å². The maximum Gasteiger partial charge on any atom is 0.0830 e. The molecular formula is C8H18N+. The third kappa shape index (κ3) is 1.98. The Balaban J connectivity index is 2.18. The maximum absolute atomic E-state index is 2.48. The Morgan fingerprint density at radius 3 is 2.67 bits per heavy atom. The minimum atomic E-state index is 0.896. The summed E-state index contributed by atoms with van der Waals surface area (Å²) in [5, 5.41) is 2.48. The van der Waals surface area contributed by atoms with Crippen molar-refractivity contribution < 1.29 is 5.32 Å². The standard InChI is InChI=1S/C8H17N/c1-3-8-5-4-7(2)9-6-8/h7-9H,3-6H2,1-2H3/p+1/t7-,8-/m0/s1. The van der Waals surface area contributed by atoms with Crippen LogP contribution < -0.4 is 5.32 Å². The summed E-state index contributed by atoms with van der Waals surface area (Å²) in [4.78, 5) is 0. The minimum Gasteiger partial charge on any atom is -0.344 e. The molecule has 1 heterocycles. The molecule has 0 unspecified atom stereocenters. The van der Waals surface area contributed by atoms with Gasteiger partial charge < -0.3 is 5.32 Å². The zero-order valence-corrected chi connectivity index (χ0v) is 6.56. The molecule has 0 aromatic rings. The zero-order chi connectivity index (χ0) is 6.69. The highest BCUT2D eigenvalue weighted by Crippen LogP contribution is 2.12. The van der Waals surface area contributed by atoms with Crippen molar-refractivity contribution in [3.05, 3.63) is 0 Å². The van der Waals surface area contributed by atoms with E-state index in [1.54, 1.807) is 0 Å². The van der Waals surface area contributed by atoms with E-state index in [9.17, 15) is 0 Å². The van der Waals surface area contributed by atoms with Gasteiger partial charge in [0.05, 0.1) is 12.6 Å². The van der Waals surface area contributed by atoms with Crippen molar-refractivity contribution >= 4 is 0 Å². The Morgan fingerprint density at radius 2 is 2.22 bits per heavy atom. The lowest BCUT2D eigenvalue weighted by atomic mass is 9.94. The third-order valence-corrected chi connectivity index (χ3v) is 2.48. The number of piperidine rings is 1. The van der Waals surface area contributed by atoms with Gasteiger partial charge in [-0.1, -0.05) is 6.92 Å². The molecule has 0 aliphatic carbocycles. The van der Waals surface area contributed by atoms with E-state index in [0.717, 1.165) is 12.0 Å². The van der Waals surface area contributed by atoms with Crippen LogP contribution in [0.25, 0.3) is 0 Å². The molecule has 1 heteroatoms. The first kappa shape index (κ1) is 7.07. The molecule has 1 rings (SSSR count). The number of quaternary nitrogens is 1. The highest BCUT2D eigenvalue weighted by Gasteiger charge is 2.18. The Hall–Kier alpha value is -0.0400. The Morgan fingerprint density at radius 1 is 1.44 bits per heavy atom. The molecule has 0 radical (unpaired) electrons. The average molecular weight is 128 g/mol. The molecule has 54 valence electrons. The number of rotatable bonds is 1. The van der Waals surface area contributed by atoms with Gasteiger partial charge in [0.1, 0.15) is 0 Å². The molecule has 2 N–H and O–H groups in total. The second-order valence-corrected chi connectivity index (χ2v) is 3.30. The normalized spacial score (nSPS) is 36.7. The van der Waals surface area contributed by atoms with Gasteiger partial charge in [-0.3, -0.25) is 0 Å². The van der Waals surface area contributed by atoms with Crippen LogP contribution in [0.1, 0.15) is 33.1 Å². The van der Waals surface area contributed by atoms with Gasteiger partial charge in [0.2, 0.25) is 0 Å². The predicted octanol–water partition coefficient (Wildman–Crippen LogP) is 0.758. The first-order chi connectivity index (χ1) is 4.33. The van der Waals surface area contributed by atoms with E-state index in [2.05, 4.69) is 19.2 Å². The molecule has 0 bridgehead atoms. The van der Waals surface area contributed by atoms with Gasteiger partial charge in [-0.15, -0.1) is 0 Å². The molecule has 9 heavy (non-hydrogen) atoms. The fourth-order valence-corrected chi connectivity index (χ4v) is 1.53. The van der Waals surface area contributed by atoms with Crippen molar-refractivity contribution in [2.45, 2.75) is 39.2 Å². The molecule has 1 fully saturated rings. The Labute approximate surface area is 57.8 Å². The van der Waals surface area contributed by atoms with E-state index < -0.39 is 0 Å². The lowest BCUT2D eigenvalue weighted by molar-refractivity contribution is -0.700. The predicted molar refractivity (Wildman–Crippen MR) is 39.3 cm³/mol. The first-order valence-corrected chi connectivity index (χ1v) is 4.16. The van der Waals surface area contributed by atoms with Gasteiger partial charge in [-0.2, -0.15) is 0 Å². The fourth-order valence-electron chi connectivity index (χ4n) is 1.53. The summed E-state index contributed by atoms with van der Waals surface area (Å²) in [6.45, 7) is 6.00. The van der Waals surface area contributed by atoms with Gasteiger partial charge >= 0.3 is 0 Å². The molecule has 0 saturated carbocycles. The molecule has 1 saturated heterocycles. The molecule has 0 amide bonds. The second kappa shape index (κ2) is 3.21.